The lowest BCUT2D eigenvalue weighted by atomic mass is 10.1. The Kier molecular flexibility index (Phi) is 4.34. The van der Waals surface area contributed by atoms with Crippen molar-refractivity contribution in [2.45, 2.75) is 25.9 Å². The van der Waals surface area contributed by atoms with Gasteiger partial charge in [0.1, 0.15) is 0 Å². The van der Waals surface area contributed by atoms with Gasteiger partial charge in [0.2, 0.25) is 0 Å². The topological polar surface area (TPSA) is 24.9 Å². The van der Waals surface area contributed by atoms with Crippen molar-refractivity contribution < 1.29 is 0 Å². The zero-order chi connectivity index (χ0) is 13.0. The van der Waals surface area contributed by atoms with Crippen LogP contribution in [0.1, 0.15) is 37.1 Å². The van der Waals surface area contributed by atoms with E-state index >= 15 is 0 Å². The molecular weight excluding hydrogens is 244 g/mol. The molecule has 0 saturated carbocycles. The van der Waals surface area contributed by atoms with Crippen molar-refractivity contribution in [3.63, 3.8) is 0 Å². The smallest absolute Gasteiger partial charge is 0.0409 e. The highest BCUT2D eigenvalue weighted by molar-refractivity contribution is 6.30. The molecule has 0 aliphatic rings. The molecular formula is C15H17ClN2. The fourth-order valence-corrected chi connectivity index (χ4v) is 2.19. The number of benzene rings is 1. The third-order valence-electron chi connectivity index (χ3n) is 3.05. The van der Waals surface area contributed by atoms with E-state index in [0.29, 0.717) is 0 Å². The van der Waals surface area contributed by atoms with Crippen LogP contribution in [0.15, 0.2) is 48.8 Å². The van der Waals surface area contributed by atoms with E-state index in [1.54, 1.807) is 0 Å². The number of hydrogen-bond acceptors (Lipinski definition) is 2. The highest BCUT2D eigenvalue weighted by Gasteiger charge is 2.10. The van der Waals surface area contributed by atoms with Crippen LogP contribution in [-0.4, -0.2) is 4.98 Å². The Hall–Kier alpha value is -1.38. The fraction of sp³-hybridized carbons (Fsp3) is 0.267. The molecule has 0 amide bonds. The molecule has 2 unspecified atom stereocenters. The van der Waals surface area contributed by atoms with Crippen LogP contribution in [0.25, 0.3) is 0 Å². The molecule has 2 nitrogen and oxygen atoms in total. The lowest BCUT2D eigenvalue weighted by Crippen LogP contribution is -2.22. The lowest BCUT2D eigenvalue weighted by Gasteiger charge is -2.20. The molecule has 2 aromatic rings. The standard InChI is InChI=1S/C15H17ClN2/c1-11(13-6-8-17-9-7-13)18-12(2)14-4-3-5-15(16)10-14/h3-12,18H,1-2H3. The van der Waals surface area contributed by atoms with Gasteiger partial charge in [-0.15, -0.1) is 0 Å². The summed E-state index contributed by atoms with van der Waals surface area (Å²) in [6, 6.07) is 12.6. The van der Waals surface area contributed by atoms with Gasteiger partial charge in [0.25, 0.3) is 0 Å². The van der Waals surface area contributed by atoms with Crippen molar-refractivity contribution >= 4 is 11.6 Å². The van der Waals surface area contributed by atoms with Gasteiger partial charge in [-0.2, -0.15) is 0 Å². The summed E-state index contributed by atoms with van der Waals surface area (Å²) in [6.45, 7) is 4.29. The monoisotopic (exact) mass is 260 g/mol. The third kappa shape index (κ3) is 3.31. The third-order valence-corrected chi connectivity index (χ3v) is 3.29. The van der Waals surface area contributed by atoms with Crippen molar-refractivity contribution in [2.75, 3.05) is 0 Å². The number of nitrogens with one attached hydrogen (secondary N) is 1. The average Bonchev–Trinajstić information content (AvgIpc) is 2.39. The molecule has 3 heteroatoms. The molecule has 0 aliphatic carbocycles. The minimum absolute atomic E-state index is 0.256. The summed E-state index contributed by atoms with van der Waals surface area (Å²) in [4.78, 5) is 4.03. The summed E-state index contributed by atoms with van der Waals surface area (Å²) in [7, 11) is 0. The van der Waals surface area contributed by atoms with Gasteiger partial charge in [-0.05, 0) is 49.2 Å². The first kappa shape index (κ1) is 13.1. The number of nitrogens with zero attached hydrogens (tertiary/aromatic N) is 1. The number of halogens is 1. The zero-order valence-electron chi connectivity index (χ0n) is 10.6. The van der Waals surface area contributed by atoms with Crippen LogP contribution in [-0.2, 0) is 0 Å². The van der Waals surface area contributed by atoms with E-state index in [2.05, 4.69) is 30.2 Å². The van der Waals surface area contributed by atoms with Gasteiger partial charge < -0.3 is 5.32 Å². The molecule has 0 aliphatic heterocycles. The van der Waals surface area contributed by atoms with E-state index in [1.165, 1.54) is 11.1 Å². The average molecular weight is 261 g/mol. The first-order valence-electron chi connectivity index (χ1n) is 6.08. The van der Waals surface area contributed by atoms with Gasteiger partial charge >= 0.3 is 0 Å². The van der Waals surface area contributed by atoms with Gasteiger partial charge in [0.15, 0.2) is 0 Å². The summed E-state index contributed by atoms with van der Waals surface area (Å²) in [5.41, 5.74) is 2.43. The van der Waals surface area contributed by atoms with E-state index in [9.17, 15) is 0 Å². The maximum atomic E-state index is 6.01. The van der Waals surface area contributed by atoms with Gasteiger partial charge in [-0.1, -0.05) is 23.7 Å². The van der Waals surface area contributed by atoms with Crippen molar-refractivity contribution in [3.05, 3.63) is 64.9 Å². The van der Waals surface area contributed by atoms with Crippen LogP contribution in [0.3, 0.4) is 0 Å². The van der Waals surface area contributed by atoms with Crippen molar-refractivity contribution in [2.24, 2.45) is 0 Å². The number of hydrogen-bond donors (Lipinski definition) is 1. The van der Waals surface area contributed by atoms with E-state index in [0.717, 1.165) is 5.02 Å². The first-order chi connectivity index (χ1) is 8.66. The van der Waals surface area contributed by atoms with Crippen LogP contribution >= 0.6 is 11.6 Å². The Morgan fingerprint density at radius 2 is 1.67 bits per heavy atom. The molecule has 18 heavy (non-hydrogen) atoms. The van der Waals surface area contributed by atoms with E-state index in [-0.39, 0.29) is 12.1 Å². The Labute approximate surface area is 113 Å². The zero-order valence-corrected chi connectivity index (χ0v) is 11.4. The second-order valence-corrected chi connectivity index (χ2v) is 4.88. The van der Waals surface area contributed by atoms with Gasteiger partial charge in [-0.3, -0.25) is 4.98 Å². The summed E-state index contributed by atoms with van der Waals surface area (Å²) in [5, 5.41) is 4.33. The summed E-state index contributed by atoms with van der Waals surface area (Å²) < 4.78 is 0. The number of pyridine rings is 1. The molecule has 0 spiro atoms. The number of aromatic nitrogens is 1. The minimum atomic E-state index is 0.256. The van der Waals surface area contributed by atoms with Crippen molar-refractivity contribution in [1.29, 1.82) is 0 Å². The molecule has 94 valence electrons. The quantitative estimate of drug-likeness (QED) is 0.893. The predicted octanol–water partition coefficient (Wildman–Crippen LogP) is 4.15. The Balaban J connectivity index is 2.05. The van der Waals surface area contributed by atoms with Gasteiger partial charge in [0.05, 0.1) is 0 Å². The van der Waals surface area contributed by atoms with E-state index in [4.69, 9.17) is 11.6 Å². The fourth-order valence-electron chi connectivity index (χ4n) is 2.00. The maximum absolute atomic E-state index is 6.01. The highest BCUT2D eigenvalue weighted by atomic mass is 35.5. The van der Waals surface area contributed by atoms with Crippen LogP contribution in [0.5, 0.6) is 0 Å². The molecule has 2 rings (SSSR count). The number of rotatable bonds is 4. The maximum Gasteiger partial charge on any atom is 0.0409 e. The molecule has 1 aromatic heterocycles. The van der Waals surface area contributed by atoms with Crippen molar-refractivity contribution in [1.82, 2.24) is 10.3 Å². The molecule has 0 bridgehead atoms. The van der Waals surface area contributed by atoms with Crippen LogP contribution in [0.4, 0.5) is 0 Å². The molecule has 1 N–H and O–H groups in total. The molecule has 2 atom stereocenters. The summed E-state index contributed by atoms with van der Waals surface area (Å²) in [6.07, 6.45) is 3.63. The van der Waals surface area contributed by atoms with Gasteiger partial charge in [0, 0.05) is 29.5 Å². The Morgan fingerprint density at radius 3 is 2.33 bits per heavy atom. The second-order valence-electron chi connectivity index (χ2n) is 4.45. The van der Waals surface area contributed by atoms with Crippen LogP contribution in [0.2, 0.25) is 5.02 Å². The molecule has 0 fully saturated rings. The van der Waals surface area contributed by atoms with Gasteiger partial charge in [-0.25, -0.2) is 0 Å². The van der Waals surface area contributed by atoms with E-state index < -0.39 is 0 Å². The predicted molar refractivity (Wildman–Crippen MR) is 75.7 cm³/mol. The van der Waals surface area contributed by atoms with Crippen molar-refractivity contribution in [3.8, 4) is 0 Å². The molecule has 0 saturated heterocycles. The SMILES string of the molecule is CC(NC(C)c1cccc(Cl)c1)c1ccncc1. The largest absolute Gasteiger partial charge is 0.304 e. The summed E-state index contributed by atoms with van der Waals surface area (Å²) >= 11 is 6.01. The molecule has 1 heterocycles. The van der Waals surface area contributed by atoms with E-state index in [1.807, 2.05) is 42.7 Å². The van der Waals surface area contributed by atoms with Crippen LogP contribution in [0, 0.1) is 0 Å². The Morgan fingerprint density at radius 1 is 1.00 bits per heavy atom. The second kappa shape index (κ2) is 5.98. The summed E-state index contributed by atoms with van der Waals surface area (Å²) in [5.74, 6) is 0. The lowest BCUT2D eigenvalue weighted by molar-refractivity contribution is 0.494. The molecule has 0 radical (unpaired) electrons. The Bertz CT molecular complexity index is 499. The normalized spacial score (nSPS) is 14.2. The minimum Gasteiger partial charge on any atom is -0.304 e. The molecule has 1 aromatic carbocycles. The van der Waals surface area contributed by atoms with Crippen LogP contribution < -0.4 is 5.32 Å². The highest BCUT2D eigenvalue weighted by Crippen LogP contribution is 2.21. The first-order valence-corrected chi connectivity index (χ1v) is 6.46.